The van der Waals surface area contributed by atoms with Gasteiger partial charge in [0.15, 0.2) is 5.82 Å². The van der Waals surface area contributed by atoms with Crippen molar-refractivity contribution in [1.29, 1.82) is 0 Å². The Balaban J connectivity index is 1.64. The largest absolute Gasteiger partial charge is 0.381 e. The number of morpholine rings is 1. The van der Waals surface area contributed by atoms with Crippen LogP contribution >= 0.6 is 22.9 Å². The van der Waals surface area contributed by atoms with Crippen molar-refractivity contribution in [3.63, 3.8) is 0 Å². The van der Waals surface area contributed by atoms with Crippen molar-refractivity contribution in [2.75, 3.05) is 43.1 Å². The highest BCUT2D eigenvalue weighted by molar-refractivity contribution is 14.1. The van der Waals surface area contributed by atoms with Crippen LogP contribution in [-0.4, -0.2) is 85.9 Å². The molecule has 2 aliphatic rings. The highest BCUT2D eigenvalue weighted by Gasteiger charge is 2.34. The van der Waals surface area contributed by atoms with Gasteiger partial charge in [0, 0.05) is 29.9 Å². The maximum absolute atomic E-state index is 12.8. The third kappa shape index (κ3) is 6.49. The Morgan fingerprint density at radius 1 is 1.26 bits per heavy atom. The third-order valence-electron chi connectivity index (χ3n) is 6.41. The maximum atomic E-state index is 12.8. The smallest absolute Gasteiger partial charge is 0.330 e. The van der Waals surface area contributed by atoms with Crippen molar-refractivity contribution in [2.24, 2.45) is 0 Å². The van der Waals surface area contributed by atoms with Crippen LogP contribution < -0.4 is 10.2 Å². The van der Waals surface area contributed by atoms with Crippen molar-refractivity contribution < 1.29 is 28.2 Å². The third-order valence-corrected chi connectivity index (χ3v) is 7.24. The van der Waals surface area contributed by atoms with E-state index in [1.54, 1.807) is 52.0 Å². The molecule has 0 aliphatic carbocycles. The van der Waals surface area contributed by atoms with Gasteiger partial charge in [-0.05, 0) is 51.5 Å². The van der Waals surface area contributed by atoms with E-state index in [1.165, 1.54) is 13.8 Å². The van der Waals surface area contributed by atoms with Gasteiger partial charge in [-0.1, -0.05) is 0 Å². The van der Waals surface area contributed by atoms with Gasteiger partial charge in [-0.2, -0.15) is 0 Å². The Bertz CT molecular complexity index is 1180. The van der Waals surface area contributed by atoms with Crippen LogP contribution in [0.5, 0.6) is 0 Å². The molecule has 3 heterocycles. The molecule has 4 rings (SSSR count). The van der Waals surface area contributed by atoms with E-state index < -0.39 is 24.6 Å². The van der Waals surface area contributed by atoms with Gasteiger partial charge in [-0.15, -0.1) is 0 Å². The quantitative estimate of drug-likeness (QED) is 0.366. The molecule has 2 aliphatic heterocycles. The molecule has 2 N–H and O–H groups in total. The summed E-state index contributed by atoms with van der Waals surface area (Å²) in [4.78, 5) is 38.5. The topological polar surface area (TPSA) is 111 Å². The number of alkyl halides is 2. The molecule has 3 amide bonds. The average molecular weight is 644 g/mol. The van der Waals surface area contributed by atoms with E-state index in [0.717, 1.165) is 20.2 Å². The highest BCUT2D eigenvalue weighted by atomic mass is 127. The lowest BCUT2D eigenvalue weighted by atomic mass is 10.0. The van der Waals surface area contributed by atoms with Gasteiger partial charge < -0.3 is 25.0 Å². The first-order valence-electron chi connectivity index (χ1n) is 12.3. The van der Waals surface area contributed by atoms with Crippen LogP contribution in [0.4, 0.5) is 25.1 Å². The van der Waals surface area contributed by atoms with Gasteiger partial charge in [0.05, 0.1) is 60.9 Å². The number of carbonyl (C=O) groups excluding carboxylic acids is 2. The summed E-state index contributed by atoms with van der Waals surface area (Å²) in [5, 5.41) is 12.9. The molecule has 0 saturated carbocycles. The molecular weight excluding hydrogens is 613 g/mol. The molecule has 206 valence electrons. The van der Waals surface area contributed by atoms with Gasteiger partial charge in [-0.25, -0.2) is 23.5 Å². The van der Waals surface area contributed by atoms with Gasteiger partial charge in [-0.3, -0.25) is 7.91 Å². The summed E-state index contributed by atoms with van der Waals surface area (Å²) in [5.74, 6) is 0.906. The molecular formula is C25H31F2IN6O4. The second-order valence-electron chi connectivity index (χ2n) is 9.89. The number of aliphatic hydroxyl groups is 1. The fourth-order valence-electron chi connectivity index (χ4n) is 4.47. The summed E-state index contributed by atoms with van der Waals surface area (Å²) in [5.41, 5.74) is 1.34. The van der Waals surface area contributed by atoms with E-state index in [4.69, 9.17) is 14.7 Å². The molecule has 13 heteroatoms. The summed E-state index contributed by atoms with van der Waals surface area (Å²) in [6.45, 7) is 6.88. The predicted octanol–water partition coefficient (Wildman–Crippen LogP) is 3.47. The van der Waals surface area contributed by atoms with Crippen molar-refractivity contribution >= 4 is 46.3 Å². The molecule has 0 radical (unpaired) electrons. The molecule has 0 spiro atoms. The van der Waals surface area contributed by atoms with Crippen LogP contribution in [0.3, 0.4) is 0 Å². The first-order valence-corrected chi connectivity index (χ1v) is 13.3. The number of hydrogen-bond donors (Lipinski definition) is 2. The zero-order valence-electron chi connectivity index (χ0n) is 21.5. The molecule has 2 aromatic rings. The number of carbonyl (C=O) groups is 2. The molecule has 1 unspecified atom stereocenters. The van der Waals surface area contributed by atoms with Gasteiger partial charge in [0.1, 0.15) is 11.4 Å². The molecule has 1 fully saturated rings. The van der Waals surface area contributed by atoms with E-state index in [1.807, 2.05) is 0 Å². The van der Waals surface area contributed by atoms with Crippen LogP contribution in [0.25, 0.3) is 11.4 Å². The molecule has 1 aromatic carbocycles. The second kappa shape index (κ2) is 11.6. The van der Waals surface area contributed by atoms with Crippen LogP contribution in [0.15, 0.2) is 24.3 Å². The lowest BCUT2D eigenvalue weighted by Gasteiger charge is -2.38. The second-order valence-corrected chi connectivity index (χ2v) is 11.1. The number of urea groups is 1. The normalized spacial score (nSPS) is 17.8. The fourth-order valence-corrected chi connectivity index (χ4v) is 4.89. The number of aromatic nitrogens is 2. The highest BCUT2D eigenvalue weighted by Crippen LogP contribution is 2.32. The number of benzene rings is 1. The molecule has 10 nitrogen and oxygen atoms in total. The Morgan fingerprint density at radius 3 is 2.61 bits per heavy atom. The van der Waals surface area contributed by atoms with Crippen molar-refractivity contribution in [2.45, 2.75) is 51.8 Å². The van der Waals surface area contributed by atoms with Crippen LogP contribution in [0.1, 0.15) is 32.0 Å². The minimum atomic E-state index is -2.63. The number of anilines is 2. The molecule has 0 bridgehead atoms. The van der Waals surface area contributed by atoms with E-state index in [0.29, 0.717) is 49.8 Å². The average Bonchev–Trinajstić information content (AvgIpc) is 2.87. The SMILES string of the molecule is CC1COCCN1c1nc(-c2ccc(NC(=O)N(I)CC(F)F)cc2)nc2c1CCN(C(=O)C(C)(C)O)C2. The van der Waals surface area contributed by atoms with Gasteiger partial charge in [0.25, 0.3) is 12.3 Å². The minimum Gasteiger partial charge on any atom is -0.381 e. The first kappa shape index (κ1) is 28.4. The Hall–Kier alpha value is -2.65. The molecule has 38 heavy (non-hydrogen) atoms. The van der Waals surface area contributed by atoms with Gasteiger partial charge in [0.2, 0.25) is 0 Å². The standard InChI is InChI=1S/C25H31F2IN6O4/c1-15-14-38-11-10-33(15)22-18-8-9-32(23(35)25(2,3)37)12-19(18)30-21(31-22)16-4-6-17(7-5-16)29-24(36)34(28)13-20(26)27/h4-7,15,20,37H,8-14H2,1-3H3,(H,29,36). The number of amides is 3. The zero-order valence-corrected chi connectivity index (χ0v) is 23.6. The summed E-state index contributed by atoms with van der Waals surface area (Å²) < 4.78 is 31.7. The number of ether oxygens (including phenoxy) is 1. The molecule has 1 saturated heterocycles. The number of nitrogens with zero attached hydrogens (tertiary/aromatic N) is 5. The zero-order chi connectivity index (χ0) is 27.6. The predicted molar refractivity (Wildman–Crippen MR) is 146 cm³/mol. The summed E-state index contributed by atoms with van der Waals surface area (Å²) in [6, 6.07) is 6.26. The summed E-state index contributed by atoms with van der Waals surface area (Å²) in [6.07, 6.45) is -2.06. The van der Waals surface area contributed by atoms with E-state index in [-0.39, 0.29) is 18.5 Å². The van der Waals surface area contributed by atoms with Crippen LogP contribution in [0, 0.1) is 0 Å². The monoisotopic (exact) mass is 644 g/mol. The van der Waals surface area contributed by atoms with Crippen molar-refractivity contribution in [3.05, 3.63) is 35.5 Å². The van der Waals surface area contributed by atoms with E-state index >= 15 is 0 Å². The number of hydrogen-bond acceptors (Lipinski definition) is 7. The maximum Gasteiger partial charge on any atom is 0.330 e. The van der Waals surface area contributed by atoms with Crippen molar-refractivity contribution in [3.8, 4) is 11.4 Å². The van der Waals surface area contributed by atoms with Crippen molar-refractivity contribution in [1.82, 2.24) is 18.0 Å². The Morgan fingerprint density at radius 2 is 1.97 bits per heavy atom. The van der Waals surface area contributed by atoms with E-state index in [9.17, 15) is 23.5 Å². The number of fused-ring (bicyclic) bond motifs is 1. The van der Waals surface area contributed by atoms with E-state index in [2.05, 4.69) is 17.1 Å². The van der Waals surface area contributed by atoms with Gasteiger partial charge >= 0.3 is 6.03 Å². The lowest BCUT2D eigenvalue weighted by molar-refractivity contribution is -0.148. The number of halogens is 3. The molecule has 1 atom stereocenters. The Labute approximate surface area is 233 Å². The Kier molecular flexibility index (Phi) is 8.67. The van der Waals surface area contributed by atoms with Crippen LogP contribution in [0.2, 0.25) is 0 Å². The van der Waals surface area contributed by atoms with Crippen LogP contribution in [-0.2, 0) is 22.5 Å². The number of rotatable bonds is 6. The number of nitrogens with one attached hydrogen (secondary N) is 1. The first-order chi connectivity index (χ1) is 17.9. The lowest BCUT2D eigenvalue weighted by Crippen LogP contribution is -2.48. The summed E-state index contributed by atoms with van der Waals surface area (Å²) in [7, 11) is 0. The molecule has 1 aromatic heterocycles. The summed E-state index contributed by atoms with van der Waals surface area (Å²) >= 11 is 1.55. The minimum absolute atomic E-state index is 0.105. The fraction of sp³-hybridized carbons (Fsp3) is 0.520.